The molecule has 3 aromatic carbocycles. The van der Waals surface area contributed by atoms with Crippen molar-refractivity contribution in [1.29, 1.82) is 5.26 Å². The Labute approximate surface area is 176 Å². The third-order valence-electron chi connectivity index (χ3n) is 4.42. The van der Waals surface area contributed by atoms with Gasteiger partial charge < -0.3 is 15.4 Å². The Morgan fingerprint density at radius 2 is 1.50 bits per heavy atom. The summed E-state index contributed by atoms with van der Waals surface area (Å²) in [4.78, 5) is 12.4. The molecule has 0 aliphatic heterocycles. The summed E-state index contributed by atoms with van der Waals surface area (Å²) in [5, 5.41) is 15.1. The normalized spacial score (nSPS) is 10.9. The molecule has 5 nitrogen and oxygen atoms in total. The molecule has 150 valence electrons. The number of carbonyl (C=O) groups is 1. The van der Waals surface area contributed by atoms with Crippen molar-refractivity contribution >= 4 is 17.3 Å². The molecule has 0 aliphatic carbocycles. The highest BCUT2D eigenvalue weighted by Crippen LogP contribution is 2.23. The molecule has 0 fully saturated rings. The lowest BCUT2D eigenvalue weighted by molar-refractivity contribution is -0.112. The van der Waals surface area contributed by atoms with Crippen molar-refractivity contribution in [2.45, 2.75) is 19.8 Å². The Morgan fingerprint density at radius 1 is 0.900 bits per heavy atom. The molecule has 5 heteroatoms. The number of anilines is 2. The van der Waals surface area contributed by atoms with E-state index in [1.807, 2.05) is 60.7 Å². The largest absolute Gasteiger partial charge is 0.457 e. The van der Waals surface area contributed by atoms with E-state index in [0.29, 0.717) is 17.4 Å². The van der Waals surface area contributed by atoms with Crippen LogP contribution in [0.25, 0.3) is 0 Å². The molecule has 0 saturated carbocycles. The fourth-order valence-electron chi connectivity index (χ4n) is 2.70. The molecule has 0 bridgehead atoms. The van der Waals surface area contributed by atoms with Crippen LogP contribution in [0, 0.1) is 11.3 Å². The van der Waals surface area contributed by atoms with E-state index >= 15 is 0 Å². The first kappa shape index (κ1) is 20.7. The van der Waals surface area contributed by atoms with Gasteiger partial charge in [-0.3, -0.25) is 4.79 Å². The number of nitrogens with zero attached hydrogens (tertiary/aromatic N) is 1. The van der Waals surface area contributed by atoms with Crippen molar-refractivity contribution in [3.05, 3.63) is 96.2 Å². The van der Waals surface area contributed by atoms with Crippen LogP contribution in [0.2, 0.25) is 0 Å². The maximum atomic E-state index is 12.4. The lowest BCUT2D eigenvalue weighted by Crippen LogP contribution is -2.14. The van der Waals surface area contributed by atoms with Gasteiger partial charge in [0.05, 0.1) is 0 Å². The van der Waals surface area contributed by atoms with Gasteiger partial charge in [0.25, 0.3) is 5.91 Å². The van der Waals surface area contributed by atoms with Crippen LogP contribution in [0.3, 0.4) is 0 Å². The Morgan fingerprint density at radius 3 is 2.10 bits per heavy atom. The summed E-state index contributed by atoms with van der Waals surface area (Å²) in [6, 6.07) is 26.2. The minimum atomic E-state index is -0.486. The Balaban J connectivity index is 1.60. The van der Waals surface area contributed by atoms with Gasteiger partial charge in [-0.05, 0) is 60.0 Å². The lowest BCUT2D eigenvalue weighted by Gasteiger charge is -2.09. The number of amides is 1. The van der Waals surface area contributed by atoms with Gasteiger partial charge in [-0.1, -0.05) is 44.2 Å². The molecule has 3 rings (SSSR count). The molecule has 0 radical (unpaired) electrons. The Bertz CT molecular complexity index is 1050. The van der Waals surface area contributed by atoms with Crippen molar-refractivity contribution < 1.29 is 9.53 Å². The highest BCUT2D eigenvalue weighted by atomic mass is 16.5. The predicted octanol–water partition coefficient (Wildman–Crippen LogP) is 6.06. The highest BCUT2D eigenvalue weighted by Gasteiger charge is 2.09. The summed E-state index contributed by atoms with van der Waals surface area (Å²) in [5.74, 6) is 1.35. The summed E-state index contributed by atoms with van der Waals surface area (Å²) in [6.45, 7) is 4.25. The fourth-order valence-corrected chi connectivity index (χ4v) is 2.70. The van der Waals surface area contributed by atoms with Crippen LogP contribution in [0.1, 0.15) is 25.3 Å². The standard InChI is InChI=1S/C25H23N3O2/c1-18(2)19-8-10-21(11-9-19)27-17-20(16-26)25(29)28-22-12-14-24(15-13-22)30-23-6-4-3-5-7-23/h3-15,17-18,27H,1-2H3,(H,28,29)/b20-17-. The van der Waals surface area contributed by atoms with E-state index in [9.17, 15) is 10.1 Å². The van der Waals surface area contributed by atoms with Crippen molar-refractivity contribution in [1.82, 2.24) is 0 Å². The van der Waals surface area contributed by atoms with Gasteiger partial charge in [0, 0.05) is 17.6 Å². The van der Waals surface area contributed by atoms with Gasteiger partial charge in [-0.2, -0.15) is 5.26 Å². The second-order valence-electron chi connectivity index (χ2n) is 6.98. The van der Waals surface area contributed by atoms with E-state index in [0.717, 1.165) is 11.4 Å². The number of benzene rings is 3. The van der Waals surface area contributed by atoms with Gasteiger partial charge in [-0.15, -0.1) is 0 Å². The lowest BCUT2D eigenvalue weighted by atomic mass is 10.0. The molecule has 1 amide bonds. The minimum Gasteiger partial charge on any atom is -0.457 e. The third kappa shape index (κ3) is 5.73. The first-order valence-electron chi connectivity index (χ1n) is 9.66. The number of hydrogen-bond acceptors (Lipinski definition) is 4. The predicted molar refractivity (Wildman–Crippen MR) is 119 cm³/mol. The van der Waals surface area contributed by atoms with E-state index < -0.39 is 5.91 Å². The highest BCUT2D eigenvalue weighted by molar-refractivity contribution is 6.06. The van der Waals surface area contributed by atoms with Crippen LogP contribution in [0.5, 0.6) is 11.5 Å². The van der Waals surface area contributed by atoms with Crippen LogP contribution in [-0.4, -0.2) is 5.91 Å². The molecule has 0 unspecified atom stereocenters. The quantitative estimate of drug-likeness (QED) is 0.375. The molecule has 0 aliphatic rings. The van der Waals surface area contributed by atoms with Crippen molar-refractivity contribution in [3.8, 4) is 17.6 Å². The van der Waals surface area contributed by atoms with Gasteiger partial charge in [0.2, 0.25) is 0 Å². The van der Waals surface area contributed by atoms with Crippen LogP contribution in [-0.2, 0) is 4.79 Å². The zero-order valence-corrected chi connectivity index (χ0v) is 16.9. The van der Waals surface area contributed by atoms with Crippen molar-refractivity contribution in [2.24, 2.45) is 0 Å². The smallest absolute Gasteiger partial charge is 0.267 e. The molecule has 0 aromatic heterocycles. The second-order valence-corrected chi connectivity index (χ2v) is 6.98. The van der Waals surface area contributed by atoms with E-state index in [1.54, 1.807) is 24.3 Å². The van der Waals surface area contributed by atoms with Crippen LogP contribution >= 0.6 is 0 Å². The topological polar surface area (TPSA) is 74.2 Å². The maximum absolute atomic E-state index is 12.4. The van der Waals surface area contributed by atoms with Crippen LogP contribution in [0.4, 0.5) is 11.4 Å². The summed E-state index contributed by atoms with van der Waals surface area (Å²) >= 11 is 0. The number of rotatable bonds is 7. The molecule has 2 N–H and O–H groups in total. The van der Waals surface area contributed by atoms with E-state index in [2.05, 4.69) is 24.5 Å². The molecular weight excluding hydrogens is 374 g/mol. The molecule has 0 heterocycles. The van der Waals surface area contributed by atoms with Gasteiger partial charge in [0.15, 0.2) is 0 Å². The average Bonchev–Trinajstić information content (AvgIpc) is 2.76. The van der Waals surface area contributed by atoms with Gasteiger partial charge in [0.1, 0.15) is 23.1 Å². The molecule has 0 atom stereocenters. The van der Waals surface area contributed by atoms with Crippen molar-refractivity contribution in [3.63, 3.8) is 0 Å². The van der Waals surface area contributed by atoms with Gasteiger partial charge in [-0.25, -0.2) is 0 Å². The van der Waals surface area contributed by atoms with Crippen LogP contribution < -0.4 is 15.4 Å². The second kappa shape index (κ2) is 9.94. The summed E-state index contributed by atoms with van der Waals surface area (Å²) in [5.41, 5.74) is 2.58. The minimum absolute atomic E-state index is 0.0208. The fraction of sp³-hybridized carbons (Fsp3) is 0.120. The molecule has 30 heavy (non-hydrogen) atoms. The van der Waals surface area contributed by atoms with Crippen molar-refractivity contribution in [2.75, 3.05) is 10.6 Å². The monoisotopic (exact) mass is 397 g/mol. The first-order valence-corrected chi connectivity index (χ1v) is 9.66. The van der Waals surface area contributed by atoms with E-state index in [-0.39, 0.29) is 5.57 Å². The Hall–Kier alpha value is -4.04. The van der Waals surface area contributed by atoms with Crippen LogP contribution in [0.15, 0.2) is 90.6 Å². The summed E-state index contributed by atoms with van der Waals surface area (Å²) < 4.78 is 5.73. The zero-order chi connectivity index (χ0) is 21.3. The zero-order valence-electron chi connectivity index (χ0n) is 16.9. The summed E-state index contributed by atoms with van der Waals surface area (Å²) in [7, 11) is 0. The number of hydrogen-bond donors (Lipinski definition) is 2. The number of nitriles is 1. The summed E-state index contributed by atoms with van der Waals surface area (Å²) in [6.07, 6.45) is 1.41. The van der Waals surface area contributed by atoms with Gasteiger partial charge >= 0.3 is 0 Å². The number of nitrogens with one attached hydrogen (secondary N) is 2. The average molecular weight is 397 g/mol. The SMILES string of the molecule is CC(C)c1ccc(N/C=C(/C#N)C(=O)Nc2ccc(Oc3ccccc3)cc2)cc1. The van der Waals surface area contributed by atoms with E-state index in [1.165, 1.54) is 11.8 Å². The third-order valence-corrected chi connectivity index (χ3v) is 4.42. The molecular formula is C25H23N3O2. The number of para-hydroxylation sites is 1. The molecule has 0 spiro atoms. The Kier molecular flexibility index (Phi) is 6.86. The molecule has 0 saturated heterocycles. The maximum Gasteiger partial charge on any atom is 0.267 e. The van der Waals surface area contributed by atoms with E-state index in [4.69, 9.17) is 4.74 Å². The molecule has 3 aromatic rings. The first-order chi connectivity index (χ1) is 14.5. The number of carbonyl (C=O) groups excluding carboxylic acids is 1. The number of ether oxygens (including phenoxy) is 1.